The van der Waals surface area contributed by atoms with Crippen molar-refractivity contribution < 1.29 is 13.2 Å². The second-order valence-corrected chi connectivity index (χ2v) is 8.35. The fraction of sp³-hybridized carbons (Fsp3) is 0.130. The van der Waals surface area contributed by atoms with Crippen molar-refractivity contribution in [3.63, 3.8) is 0 Å². The number of hydrogen-bond donors (Lipinski definition) is 2. The zero-order chi connectivity index (χ0) is 22.3. The average molecular weight is 435 g/mol. The first-order valence-electron chi connectivity index (χ1n) is 9.65. The predicted molar refractivity (Wildman–Crippen MR) is 121 cm³/mol. The number of sulfonamides is 1. The van der Waals surface area contributed by atoms with Crippen molar-refractivity contribution in [3.05, 3.63) is 84.4 Å². The van der Waals surface area contributed by atoms with Gasteiger partial charge in [-0.1, -0.05) is 18.2 Å². The molecule has 0 aliphatic heterocycles. The van der Waals surface area contributed by atoms with E-state index in [1.165, 1.54) is 12.1 Å². The summed E-state index contributed by atoms with van der Waals surface area (Å²) >= 11 is 0. The Kier molecular flexibility index (Phi) is 6.90. The van der Waals surface area contributed by atoms with Crippen LogP contribution in [-0.4, -0.2) is 27.4 Å². The number of rotatable bonds is 8. The lowest BCUT2D eigenvalue weighted by molar-refractivity contribution is -0.119. The molecule has 3 aromatic carbocycles. The highest BCUT2D eigenvalue weighted by atomic mass is 32.2. The summed E-state index contributed by atoms with van der Waals surface area (Å²) in [6.45, 7) is 2.44. The fourth-order valence-corrected chi connectivity index (χ4v) is 4.05. The van der Waals surface area contributed by atoms with E-state index in [0.29, 0.717) is 23.5 Å². The summed E-state index contributed by atoms with van der Waals surface area (Å²) in [7, 11) is -3.69. The van der Waals surface area contributed by atoms with Crippen LogP contribution in [0, 0.1) is 11.3 Å². The molecule has 7 nitrogen and oxygen atoms in total. The van der Waals surface area contributed by atoms with Crippen LogP contribution >= 0.6 is 0 Å². The minimum absolute atomic E-state index is 0.0782. The molecule has 0 atom stereocenters. The van der Waals surface area contributed by atoms with Crippen LogP contribution in [0.5, 0.6) is 0 Å². The number of likely N-dealkylation sites (N-methyl/N-ethyl adjacent to an activating group) is 1. The van der Waals surface area contributed by atoms with E-state index in [0.717, 1.165) is 5.69 Å². The lowest BCUT2D eigenvalue weighted by atomic mass is 10.2. The number of nitrogens with zero attached hydrogens (tertiary/aromatic N) is 2. The van der Waals surface area contributed by atoms with Crippen molar-refractivity contribution in [2.45, 2.75) is 11.8 Å². The summed E-state index contributed by atoms with van der Waals surface area (Å²) in [4.78, 5) is 14.2. The third kappa shape index (κ3) is 5.62. The molecule has 1 amide bonds. The Morgan fingerprint density at radius 1 is 0.935 bits per heavy atom. The Bertz CT molecular complexity index is 1170. The first-order valence-corrected chi connectivity index (χ1v) is 11.1. The van der Waals surface area contributed by atoms with Gasteiger partial charge < -0.3 is 10.2 Å². The van der Waals surface area contributed by atoms with E-state index in [1.54, 1.807) is 71.6 Å². The molecule has 0 bridgehead atoms. The normalized spacial score (nSPS) is 10.7. The van der Waals surface area contributed by atoms with Gasteiger partial charge in [0.05, 0.1) is 16.5 Å². The Balaban J connectivity index is 1.86. The molecule has 0 heterocycles. The van der Waals surface area contributed by atoms with Gasteiger partial charge in [-0.25, -0.2) is 8.42 Å². The zero-order valence-electron chi connectivity index (χ0n) is 16.9. The van der Waals surface area contributed by atoms with Crippen molar-refractivity contribution in [1.29, 1.82) is 5.26 Å². The number of amides is 1. The van der Waals surface area contributed by atoms with E-state index < -0.39 is 10.0 Å². The van der Waals surface area contributed by atoms with E-state index in [4.69, 9.17) is 5.26 Å². The molecular formula is C23H22N4O3S. The Hall–Kier alpha value is -3.83. The zero-order valence-corrected chi connectivity index (χ0v) is 17.8. The van der Waals surface area contributed by atoms with Crippen molar-refractivity contribution in [2.24, 2.45) is 0 Å². The van der Waals surface area contributed by atoms with Crippen LogP contribution in [0.3, 0.4) is 0 Å². The highest BCUT2D eigenvalue weighted by Gasteiger charge is 2.16. The smallest absolute Gasteiger partial charge is 0.261 e. The number of hydrogen-bond acceptors (Lipinski definition) is 5. The van der Waals surface area contributed by atoms with E-state index in [-0.39, 0.29) is 17.3 Å². The molecular weight excluding hydrogens is 412 g/mol. The van der Waals surface area contributed by atoms with Gasteiger partial charge in [-0.05, 0) is 67.6 Å². The summed E-state index contributed by atoms with van der Waals surface area (Å²) < 4.78 is 27.6. The van der Waals surface area contributed by atoms with Gasteiger partial charge >= 0.3 is 0 Å². The predicted octanol–water partition coefficient (Wildman–Crippen LogP) is 3.63. The lowest BCUT2D eigenvalue weighted by Crippen LogP contribution is -2.34. The van der Waals surface area contributed by atoms with Gasteiger partial charge in [0, 0.05) is 23.6 Å². The van der Waals surface area contributed by atoms with E-state index >= 15 is 0 Å². The number of nitrogens with one attached hydrogen (secondary N) is 2. The molecule has 3 aromatic rings. The summed E-state index contributed by atoms with van der Waals surface area (Å²) in [5.41, 5.74) is 2.37. The molecule has 2 N–H and O–H groups in total. The van der Waals surface area contributed by atoms with Crippen molar-refractivity contribution in [3.8, 4) is 6.07 Å². The topological polar surface area (TPSA) is 102 Å². The van der Waals surface area contributed by atoms with Crippen LogP contribution in [0.25, 0.3) is 0 Å². The first-order chi connectivity index (χ1) is 14.9. The number of nitriles is 1. The van der Waals surface area contributed by atoms with Crippen LogP contribution in [0.1, 0.15) is 12.5 Å². The highest BCUT2D eigenvalue weighted by Crippen LogP contribution is 2.27. The molecule has 0 aliphatic rings. The molecule has 0 aliphatic carbocycles. The second-order valence-electron chi connectivity index (χ2n) is 6.66. The molecule has 0 unspecified atom stereocenters. The van der Waals surface area contributed by atoms with Crippen molar-refractivity contribution >= 4 is 33.0 Å². The second kappa shape index (κ2) is 9.78. The maximum atomic E-state index is 12.5. The molecule has 0 spiro atoms. The van der Waals surface area contributed by atoms with Gasteiger partial charge in [-0.15, -0.1) is 0 Å². The Morgan fingerprint density at radius 2 is 1.52 bits per heavy atom. The van der Waals surface area contributed by atoms with Gasteiger partial charge in [-0.3, -0.25) is 9.52 Å². The monoisotopic (exact) mass is 434 g/mol. The number of anilines is 3. The summed E-state index contributed by atoms with van der Waals surface area (Å²) in [5, 5.41) is 11.8. The van der Waals surface area contributed by atoms with E-state index in [1.807, 2.05) is 6.92 Å². The number of carbonyl (C=O) groups excluding carboxylic acids is 1. The summed E-state index contributed by atoms with van der Waals surface area (Å²) in [6, 6.07) is 23.9. The number of carbonyl (C=O) groups is 1. The van der Waals surface area contributed by atoms with Crippen LogP contribution in [0.15, 0.2) is 83.8 Å². The Labute approximate surface area is 182 Å². The summed E-state index contributed by atoms with van der Waals surface area (Å²) in [5.74, 6) is -0.152. The molecule has 3 rings (SSSR count). The van der Waals surface area contributed by atoms with Gasteiger partial charge in [0.2, 0.25) is 5.91 Å². The van der Waals surface area contributed by atoms with Crippen LogP contribution < -0.4 is 14.9 Å². The first kappa shape index (κ1) is 21.9. The molecule has 31 heavy (non-hydrogen) atoms. The fourth-order valence-electron chi connectivity index (χ4n) is 2.97. The minimum Gasteiger partial charge on any atom is -0.355 e. The maximum Gasteiger partial charge on any atom is 0.261 e. The Morgan fingerprint density at radius 3 is 2.06 bits per heavy atom. The third-order valence-corrected chi connectivity index (χ3v) is 5.87. The van der Waals surface area contributed by atoms with Gasteiger partial charge in [-0.2, -0.15) is 5.26 Å². The molecule has 0 saturated heterocycles. The molecule has 0 aromatic heterocycles. The van der Waals surface area contributed by atoms with Crippen LogP contribution in [-0.2, 0) is 14.8 Å². The maximum absolute atomic E-state index is 12.5. The highest BCUT2D eigenvalue weighted by molar-refractivity contribution is 7.92. The SMILES string of the molecule is CCNC(=O)CN(c1ccc(C#N)cc1)c1ccc(NS(=O)(=O)c2ccccc2)cc1. The van der Waals surface area contributed by atoms with Crippen LogP contribution in [0.2, 0.25) is 0 Å². The van der Waals surface area contributed by atoms with Gasteiger partial charge in [0.1, 0.15) is 6.54 Å². The third-order valence-electron chi connectivity index (χ3n) is 4.47. The molecule has 0 fully saturated rings. The molecule has 158 valence electrons. The number of benzene rings is 3. The van der Waals surface area contributed by atoms with Crippen molar-refractivity contribution in [1.82, 2.24) is 5.32 Å². The minimum atomic E-state index is -3.69. The summed E-state index contributed by atoms with van der Waals surface area (Å²) in [6.07, 6.45) is 0. The van der Waals surface area contributed by atoms with Gasteiger partial charge in [0.15, 0.2) is 0 Å². The molecule has 0 radical (unpaired) electrons. The van der Waals surface area contributed by atoms with E-state index in [2.05, 4.69) is 16.1 Å². The van der Waals surface area contributed by atoms with Gasteiger partial charge in [0.25, 0.3) is 10.0 Å². The average Bonchev–Trinajstić information content (AvgIpc) is 2.79. The van der Waals surface area contributed by atoms with Crippen molar-refractivity contribution in [2.75, 3.05) is 22.7 Å². The molecule has 8 heteroatoms. The van der Waals surface area contributed by atoms with Crippen LogP contribution in [0.4, 0.5) is 17.1 Å². The standard InChI is InChI=1S/C23H22N4O3S/c1-2-25-23(28)17-27(20-12-8-18(16-24)9-13-20)21-14-10-19(11-15-21)26-31(29,30)22-6-4-3-5-7-22/h3-15,26H,2,17H2,1H3,(H,25,28). The lowest BCUT2D eigenvalue weighted by Gasteiger charge is -2.25. The quantitative estimate of drug-likeness (QED) is 0.564. The van der Waals surface area contributed by atoms with E-state index in [9.17, 15) is 13.2 Å². The largest absolute Gasteiger partial charge is 0.355 e. The molecule has 0 saturated carbocycles.